The number of amides is 2. The molecule has 25 heavy (non-hydrogen) atoms. The molecule has 1 aliphatic rings. The highest BCUT2D eigenvalue weighted by Crippen LogP contribution is 2.41. The lowest BCUT2D eigenvalue weighted by atomic mass is 9.72. The van der Waals surface area contributed by atoms with Gasteiger partial charge in [-0.3, -0.25) is 9.59 Å². The van der Waals surface area contributed by atoms with Crippen molar-refractivity contribution < 1.29 is 14.3 Å². The van der Waals surface area contributed by atoms with E-state index in [1.165, 1.54) is 0 Å². The van der Waals surface area contributed by atoms with Gasteiger partial charge < -0.3 is 15.8 Å². The van der Waals surface area contributed by atoms with E-state index in [-0.39, 0.29) is 23.6 Å². The normalized spacial score (nSPS) is 15.1. The molecule has 0 aromatic heterocycles. The van der Waals surface area contributed by atoms with Crippen molar-refractivity contribution >= 4 is 11.8 Å². The van der Waals surface area contributed by atoms with Crippen molar-refractivity contribution in [2.45, 2.75) is 31.7 Å². The fourth-order valence-corrected chi connectivity index (χ4v) is 3.17. The van der Waals surface area contributed by atoms with Crippen LogP contribution in [0.5, 0.6) is 5.75 Å². The Morgan fingerprint density at radius 1 is 1.16 bits per heavy atom. The Hall–Kier alpha value is -2.82. The van der Waals surface area contributed by atoms with Crippen molar-refractivity contribution in [2.75, 3.05) is 6.61 Å². The van der Waals surface area contributed by atoms with Gasteiger partial charge in [-0.15, -0.1) is 0 Å². The summed E-state index contributed by atoms with van der Waals surface area (Å²) in [7, 11) is 0. The molecule has 1 saturated carbocycles. The predicted octanol–water partition coefficient (Wildman–Crippen LogP) is 2.67. The van der Waals surface area contributed by atoms with Crippen LogP contribution < -0.4 is 15.8 Å². The molecule has 0 unspecified atom stereocenters. The van der Waals surface area contributed by atoms with Gasteiger partial charge in [0, 0.05) is 0 Å². The van der Waals surface area contributed by atoms with Crippen molar-refractivity contribution in [1.29, 1.82) is 0 Å². The molecule has 0 bridgehead atoms. The average molecular weight is 338 g/mol. The van der Waals surface area contributed by atoms with Gasteiger partial charge in [-0.25, -0.2) is 0 Å². The minimum absolute atomic E-state index is 0.154. The average Bonchev–Trinajstić information content (AvgIpc) is 2.57. The molecule has 5 heteroatoms. The Labute approximate surface area is 147 Å². The molecule has 1 fully saturated rings. The Kier molecular flexibility index (Phi) is 4.74. The summed E-state index contributed by atoms with van der Waals surface area (Å²) < 4.78 is 5.58. The number of aryl methyl sites for hydroxylation is 1. The molecule has 0 radical (unpaired) electrons. The topological polar surface area (TPSA) is 81.4 Å². The SMILES string of the molecule is Cc1ccc(C(N)=O)c(OCC(=O)NC2(c3ccccc3)CCC2)c1. The van der Waals surface area contributed by atoms with Gasteiger partial charge in [0.1, 0.15) is 5.75 Å². The van der Waals surface area contributed by atoms with Crippen LogP contribution in [-0.4, -0.2) is 18.4 Å². The van der Waals surface area contributed by atoms with Gasteiger partial charge in [-0.2, -0.15) is 0 Å². The number of carbonyl (C=O) groups is 2. The minimum Gasteiger partial charge on any atom is -0.483 e. The lowest BCUT2D eigenvalue weighted by Gasteiger charge is -2.43. The molecule has 0 saturated heterocycles. The van der Waals surface area contributed by atoms with Gasteiger partial charge >= 0.3 is 0 Å². The zero-order valence-electron chi connectivity index (χ0n) is 14.2. The molecule has 2 aromatic carbocycles. The van der Waals surface area contributed by atoms with E-state index in [0.717, 1.165) is 30.4 Å². The number of nitrogens with two attached hydrogens (primary N) is 1. The van der Waals surface area contributed by atoms with Gasteiger partial charge in [0.25, 0.3) is 11.8 Å². The van der Waals surface area contributed by atoms with E-state index in [1.54, 1.807) is 18.2 Å². The number of nitrogens with one attached hydrogen (secondary N) is 1. The second-order valence-corrected chi connectivity index (χ2v) is 6.50. The van der Waals surface area contributed by atoms with E-state index >= 15 is 0 Å². The Morgan fingerprint density at radius 2 is 1.88 bits per heavy atom. The highest BCUT2D eigenvalue weighted by atomic mass is 16.5. The zero-order valence-corrected chi connectivity index (χ0v) is 14.2. The van der Waals surface area contributed by atoms with E-state index in [4.69, 9.17) is 10.5 Å². The summed E-state index contributed by atoms with van der Waals surface area (Å²) in [5.41, 5.74) is 7.38. The van der Waals surface area contributed by atoms with Crippen molar-refractivity contribution in [3.63, 3.8) is 0 Å². The maximum atomic E-state index is 12.4. The first-order valence-corrected chi connectivity index (χ1v) is 8.40. The summed E-state index contributed by atoms with van der Waals surface area (Å²) in [6.07, 6.45) is 2.92. The summed E-state index contributed by atoms with van der Waals surface area (Å²) >= 11 is 0. The fraction of sp³-hybridized carbons (Fsp3) is 0.300. The third kappa shape index (κ3) is 3.65. The van der Waals surface area contributed by atoms with Gasteiger partial charge in [0.15, 0.2) is 6.61 Å². The lowest BCUT2D eigenvalue weighted by molar-refractivity contribution is -0.126. The van der Waals surface area contributed by atoms with Crippen molar-refractivity contribution in [1.82, 2.24) is 5.32 Å². The van der Waals surface area contributed by atoms with Gasteiger partial charge in [0.2, 0.25) is 0 Å². The monoisotopic (exact) mass is 338 g/mol. The molecular formula is C20H22N2O3. The van der Waals surface area contributed by atoms with Crippen LogP contribution >= 0.6 is 0 Å². The Morgan fingerprint density at radius 3 is 2.48 bits per heavy atom. The van der Waals surface area contributed by atoms with Crippen LogP contribution in [0.4, 0.5) is 0 Å². The molecule has 5 nitrogen and oxygen atoms in total. The summed E-state index contributed by atoms with van der Waals surface area (Å²) in [4.78, 5) is 23.9. The fourth-order valence-electron chi connectivity index (χ4n) is 3.17. The highest BCUT2D eigenvalue weighted by molar-refractivity contribution is 5.95. The van der Waals surface area contributed by atoms with Gasteiger partial charge in [0.05, 0.1) is 11.1 Å². The third-order valence-electron chi connectivity index (χ3n) is 4.67. The third-order valence-corrected chi connectivity index (χ3v) is 4.67. The van der Waals surface area contributed by atoms with Crippen LogP contribution in [0, 0.1) is 6.92 Å². The van der Waals surface area contributed by atoms with Crippen molar-refractivity contribution in [3.05, 3.63) is 65.2 Å². The van der Waals surface area contributed by atoms with Crippen molar-refractivity contribution in [3.8, 4) is 5.75 Å². The molecule has 0 heterocycles. The molecule has 1 aliphatic carbocycles. The number of primary amides is 1. The highest BCUT2D eigenvalue weighted by Gasteiger charge is 2.39. The maximum absolute atomic E-state index is 12.4. The van der Waals surface area contributed by atoms with Crippen LogP contribution in [0.3, 0.4) is 0 Å². The van der Waals surface area contributed by atoms with E-state index in [9.17, 15) is 9.59 Å². The van der Waals surface area contributed by atoms with Crippen LogP contribution in [0.25, 0.3) is 0 Å². The lowest BCUT2D eigenvalue weighted by Crippen LogP contribution is -2.52. The zero-order chi connectivity index (χ0) is 17.9. The summed E-state index contributed by atoms with van der Waals surface area (Å²) in [5.74, 6) is -0.444. The van der Waals surface area contributed by atoms with Crippen LogP contribution in [0.15, 0.2) is 48.5 Å². The molecular weight excluding hydrogens is 316 g/mol. The van der Waals surface area contributed by atoms with E-state index in [0.29, 0.717) is 5.75 Å². The first-order chi connectivity index (χ1) is 12.0. The van der Waals surface area contributed by atoms with Crippen LogP contribution in [0.1, 0.15) is 40.7 Å². The minimum atomic E-state index is -0.574. The van der Waals surface area contributed by atoms with Gasteiger partial charge in [-0.05, 0) is 49.4 Å². The molecule has 0 spiro atoms. The predicted molar refractivity (Wildman–Crippen MR) is 95.3 cm³/mol. The molecule has 2 aromatic rings. The number of benzene rings is 2. The number of rotatable bonds is 6. The molecule has 0 atom stereocenters. The van der Waals surface area contributed by atoms with E-state index in [1.807, 2.05) is 37.3 Å². The maximum Gasteiger partial charge on any atom is 0.258 e. The Balaban J connectivity index is 1.68. The summed E-state index contributed by atoms with van der Waals surface area (Å²) in [6.45, 7) is 1.73. The molecule has 3 N–H and O–H groups in total. The second kappa shape index (κ2) is 6.97. The number of hydrogen-bond donors (Lipinski definition) is 2. The van der Waals surface area contributed by atoms with E-state index < -0.39 is 5.91 Å². The molecule has 0 aliphatic heterocycles. The summed E-state index contributed by atoms with van der Waals surface area (Å²) in [5, 5.41) is 3.10. The first-order valence-electron chi connectivity index (χ1n) is 8.40. The smallest absolute Gasteiger partial charge is 0.258 e. The number of hydrogen-bond acceptors (Lipinski definition) is 3. The van der Waals surface area contributed by atoms with Crippen molar-refractivity contribution in [2.24, 2.45) is 5.73 Å². The number of carbonyl (C=O) groups excluding carboxylic acids is 2. The largest absolute Gasteiger partial charge is 0.483 e. The van der Waals surface area contributed by atoms with Crippen LogP contribution in [0.2, 0.25) is 0 Å². The Bertz CT molecular complexity index is 783. The summed E-state index contributed by atoms with van der Waals surface area (Å²) in [6, 6.07) is 15.1. The quantitative estimate of drug-likeness (QED) is 0.849. The first kappa shape index (κ1) is 17.0. The van der Waals surface area contributed by atoms with E-state index in [2.05, 4.69) is 5.32 Å². The molecule has 3 rings (SSSR count). The molecule has 130 valence electrons. The standard InChI is InChI=1S/C20H22N2O3/c1-14-8-9-16(19(21)24)17(12-14)25-13-18(23)22-20(10-5-11-20)15-6-3-2-4-7-15/h2-4,6-9,12H,5,10-11,13H2,1H3,(H2,21,24)(H,22,23). The molecule has 2 amide bonds. The van der Waals surface area contributed by atoms with Gasteiger partial charge in [-0.1, -0.05) is 36.4 Å². The van der Waals surface area contributed by atoms with Crippen LogP contribution in [-0.2, 0) is 10.3 Å². The number of ether oxygens (including phenoxy) is 1. The second-order valence-electron chi connectivity index (χ2n) is 6.50.